The standard InChI is InChI=1S/C23H21ClN6O4/c24-15-3-7-19(26-12-27-29-25)18(11-15)14-9-17-6-8-20(30(17)21(31)10-14)22(32)28-16-4-1-13(2-5-16)23(33)34/h1-5,7,9-12,20,29H,6,8,25H2,(H,26,27)(H,28,32)(H,33,34)/p+1/t20-/m0/s1. The molecule has 0 unspecified atom stereocenters. The Hall–Kier alpha value is -3.99. The van der Waals surface area contributed by atoms with Crippen molar-refractivity contribution in [2.24, 2.45) is 5.84 Å². The minimum Gasteiger partial charge on any atom is -0.478 e. The number of carbonyl (C=O) groups is 2. The van der Waals surface area contributed by atoms with E-state index in [2.05, 4.69) is 21.3 Å². The number of carbonyl (C=O) groups excluding carboxylic acids is 1. The summed E-state index contributed by atoms with van der Waals surface area (Å²) >= 11 is 6.20. The van der Waals surface area contributed by atoms with Crippen molar-refractivity contribution in [2.45, 2.75) is 18.9 Å². The largest absolute Gasteiger partial charge is 0.478 e. The average molecular weight is 482 g/mol. The highest BCUT2D eigenvalue weighted by Gasteiger charge is 2.30. The van der Waals surface area contributed by atoms with Gasteiger partial charge in [0.1, 0.15) is 11.7 Å². The first-order valence-corrected chi connectivity index (χ1v) is 10.7. The van der Waals surface area contributed by atoms with Crippen molar-refractivity contribution in [3.63, 3.8) is 0 Å². The van der Waals surface area contributed by atoms with Gasteiger partial charge in [-0.05, 0) is 66.9 Å². The van der Waals surface area contributed by atoms with E-state index in [1.54, 1.807) is 18.2 Å². The molecule has 2 heterocycles. The molecule has 0 saturated heterocycles. The van der Waals surface area contributed by atoms with Crippen LogP contribution in [0.15, 0.2) is 59.4 Å². The minimum absolute atomic E-state index is 0.121. The van der Waals surface area contributed by atoms with E-state index in [1.165, 1.54) is 41.2 Å². The molecule has 3 aromatic rings. The number of hydrazine groups is 2. The van der Waals surface area contributed by atoms with Crippen molar-refractivity contribution in [1.82, 2.24) is 15.5 Å². The van der Waals surface area contributed by atoms with Crippen molar-refractivity contribution in [3.05, 3.63) is 81.2 Å². The normalized spacial score (nSPS) is 14.7. The van der Waals surface area contributed by atoms with Crippen molar-refractivity contribution in [3.8, 4) is 11.1 Å². The molecule has 1 aromatic heterocycles. The number of pyridine rings is 1. The van der Waals surface area contributed by atoms with Gasteiger partial charge in [-0.25, -0.2) is 15.6 Å². The number of carboxylic acids is 1. The molecule has 2 aromatic carbocycles. The van der Waals surface area contributed by atoms with Crippen LogP contribution in [0, 0.1) is 0 Å². The molecule has 34 heavy (non-hydrogen) atoms. The first-order valence-electron chi connectivity index (χ1n) is 10.4. The summed E-state index contributed by atoms with van der Waals surface area (Å²) in [7, 11) is 0. The topological polar surface area (TPSA) is 152 Å². The van der Waals surface area contributed by atoms with E-state index in [0.717, 1.165) is 11.3 Å². The maximum absolute atomic E-state index is 13.1. The zero-order chi connectivity index (χ0) is 24.2. The SMILES string of the molecule is NNNC=[NH+]c1ccc(Cl)cc1-c1cc2n(c(=O)c1)[C@H](C(=O)Nc1ccc(C(=O)O)cc1)CC2. The van der Waals surface area contributed by atoms with E-state index in [4.69, 9.17) is 22.6 Å². The maximum Gasteiger partial charge on any atom is 0.335 e. The molecule has 11 heteroatoms. The Labute approximate surface area is 199 Å². The number of nitrogens with one attached hydrogen (secondary N) is 4. The monoisotopic (exact) mass is 481 g/mol. The lowest BCUT2D eigenvalue weighted by atomic mass is 10.0. The zero-order valence-corrected chi connectivity index (χ0v) is 18.6. The fourth-order valence-corrected chi connectivity index (χ4v) is 4.13. The quantitative estimate of drug-likeness (QED) is 0.126. The van der Waals surface area contributed by atoms with E-state index in [1.807, 2.05) is 6.07 Å². The van der Waals surface area contributed by atoms with E-state index in [9.17, 15) is 14.4 Å². The molecule has 0 bridgehead atoms. The second kappa shape index (κ2) is 9.87. The van der Waals surface area contributed by atoms with Gasteiger partial charge in [0.25, 0.3) is 11.9 Å². The van der Waals surface area contributed by atoms with Crippen LogP contribution in [0.1, 0.15) is 28.5 Å². The number of aromatic nitrogens is 1. The Balaban J connectivity index is 1.62. The number of aromatic carboxylic acids is 1. The molecular formula is C23H22ClN6O4+. The summed E-state index contributed by atoms with van der Waals surface area (Å²) in [5.41, 5.74) is 7.99. The molecule has 1 atom stereocenters. The number of anilines is 1. The second-order valence-electron chi connectivity index (χ2n) is 7.64. The molecule has 0 radical (unpaired) electrons. The van der Waals surface area contributed by atoms with Crippen molar-refractivity contribution < 1.29 is 19.7 Å². The van der Waals surface area contributed by atoms with Gasteiger partial charge in [0.15, 0.2) is 0 Å². The summed E-state index contributed by atoms with van der Waals surface area (Å²) in [6, 6.07) is 13.8. The number of benzene rings is 2. The molecule has 0 aliphatic carbocycles. The molecule has 0 saturated carbocycles. The maximum atomic E-state index is 13.1. The van der Waals surface area contributed by atoms with Gasteiger partial charge in [-0.1, -0.05) is 11.6 Å². The van der Waals surface area contributed by atoms with Gasteiger partial charge in [-0.15, -0.1) is 5.53 Å². The number of rotatable bonds is 7. The second-order valence-corrected chi connectivity index (χ2v) is 8.07. The molecule has 0 spiro atoms. The fourth-order valence-electron chi connectivity index (χ4n) is 3.96. The summed E-state index contributed by atoms with van der Waals surface area (Å²) in [4.78, 5) is 40.0. The molecule has 1 aliphatic rings. The molecule has 4 rings (SSSR count). The number of hydrogen-bond acceptors (Lipinski definition) is 5. The summed E-state index contributed by atoms with van der Waals surface area (Å²) in [6.45, 7) is 0. The lowest BCUT2D eigenvalue weighted by Crippen LogP contribution is -2.66. The number of nitrogens with zero attached hydrogens (tertiary/aromatic N) is 1. The number of halogens is 1. The van der Waals surface area contributed by atoms with E-state index < -0.39 is 12.0 Å². The number of fused-ring (bicyclic) bond motifs is 1. The Bertz CT molecular complexity index is 1340. The van der Waals surface area contributed by atoms with Gasteiger partial charge in [0.2, 0.25) is 5.91 Å². The van der Waals surface area contributed by atoms with Crippen LogP contribution >= 0.6 is 11.6 Å². The van der Waals surface area contributed by atoms with Gasteiger partial charge < -0.3 is 15.0 Å². The fraction of sp³-hybridized carbons (Fsp3) is 0.130. The lowest BCUT2D eigenvalue weighted by Gasteiger charge is -2.16. The van der Waals surface area contributed by atoms with Crippen molar-refractivity contribution >= 4 is 41.2 Å². The first-order chi connectivity index (χ1) is 16.4. The number of nitrogens with two attached hydrogens (primary N) is 1. The van der Waals surface area contributed by atoms with Crippen molar-refractivity contribution in [2.75, 3.05) is 5.32 Å². The Morgan fingerprint density at radius 2 is 1.91 bits per heavy atom. The van der Waals surface area contributed by atoms with Gasteiger partial charge in [0, 0.05) is 28.0 Å². The Kier molecular flexibility index (Phi) is 6.73. The van der Waals surface area contributed by atoms with Crippen LogP contribution in [0.2, 0.25) is 5.02 Å². The van der Waals surface area contributed by atoms with Gasteiger partial charge in [-0.3, -0.25) is 9.59 Å². The predicted molar refractivity (Wildman–Crippen MR) is 128 cm³/mol. The van der Waals surface area contributed by atoms with Crippen LogP contribution in [0.5, 0.6) is 0 Å². The average Bonchev–Trinajstić information content (AvgIpc) is 3.25. The van der Waals surface area contributed by atoms with Crippen LogP contribution in [-0.4, -0.2) is 27.9 Å². The highest BCUT2D eigenvalue weighted by Crippen LogP contribution is 2.32. The number of amides is 1. The highest BCUT2D eigenvalue weighted by molar-refractivity contribution is 6.31. The third-order valence-corrected chi connectivity index (χ3v) is 5.75. The van der Waals surface area contributed by atoms with Crippen LogP contribution in [0.25, 0.3) is 11.1 Å². The van der Waals surface area contributed by atoms with E-state index in [0.29, 0.717) is 34.8 Å². The van der Waals surface area contributed by atoms with Crippen LogP contribution in [-0.2, 0) is 11.2 Å². The number of hydrogen-bond donors (Lipinski definition) is 6. The van der Waals surface area contributed by atoms with E-state index >= 15 is 0 Å². The smallest absolute Gasteiger partial charge is 0.335 e. The molecule has 0 fully saturated rings. The summed E-state index contributed by atoms with van der Waals surface area (Å²) in [6.07, 6.45) is 2.52. The number of carboxylic acid groups (broad SMARTS) is 1. The third kappa shape index (κ3) is 4.84. The van der Waals surface area contributed by atoms with Gasteiger partial charge >= 0.3 is 5.97 Å². The third-order valence-electron chi connectivity index (χ3n) is 5.51. The lowest BCUT2D eigenvalue weighted by molar-refractivity contribution is -0.349. The minimum atomic E-state index is -1.05. The molecule has 10 nitrogen and oxygen atoms in total. The molecule has 1 aliphatic heterocycles. The van der Waals surface area contributed by atoms with E-state index in [-0.39, 0.29) is 17.0 Å². The molecule has 174 valence electrons. The summed E-state index contributed by atoms with van der Waals surface area (Å²) in [5, 5.41) is 12.3. The summed E-state index contributed by atoms with van der Waals surface area (Å²) < 4.78 is 1.49. The van der Waals surface area contributed by atoms with Gasteiger partial charge in [0.05, 0.1) is 5.56 Å². The first kappa shape index (κ1) is 23.2. The van der Waals surface area contributed by atoms with Crippen molar-refractivity contribution in [1.29, 1.82) is 0 Å². The molecular weight excluding hydrogens is 460 g/mol. The highest BCUT2D eigenvalue weighted by atomic mass is 35.5. The Morgan fingerprint density at radius 3 is 2.62 bits per heavy atom. The summed E-state index contributed by atoms with van der Waals surface area (Å²) in [5.74, 6) is 3.81. The van der Waals surface area contributed by atoms with Crippen LogP contribution in [0.3, 0.4) is 0 Å². The predicted octanol–water partition coefficient (Wildman–Crippen LogP) is 0.701. The molecule has 1 amide bonds. The number of aryl methyl sites for hydroxylation is 1. The zero-order valence-electron chi connectivity index (χ0n) is 17.8. The van der Waals surface area contributed by atoms with Gasteiger partial charge in [-0.2, -0.15) is 5.43 Å². The van der Waals surface area contributed by atoms with Crippen LogP contribution in [0.4, 0.5) is 11.4 Å². The van der Waals surface area contributed by atoms with Crippen LogP contribution < -0.4 is 32.7 Å². The Morgan fingerprint density at radius 1 is 1.15 bits per heavy atom. The molecule has 7 N–H and O–H groups in total.